The number of rotatable bonds is 10. The van der Waals surface area contributed by atoms with Gasteiger partial charge < -0.3 is 20.8 Å². The first kappa shape index (κ1) is 31.2. The molecule has 11 nitrogen and oxygen atoms in total. The van der Waals surface area contributed by atoms with Gasteiger partial charge in [0.25, 0.3) is 0 Å². The molecule has 0 aliphatic carbocycles. The molecule has 0 fully saturated rings. The van der Waals surface area contributed by atoms with Gasteiger partial charge in [-0.15, -0.1) is 21.5 Å². The van der Waals surface area contributed by atoms with Gasteiger partial charge in [-0.25, -0.2) is 4.57 Å². The largest absolute Gasteiger partial charge is 0.469 e. The van der Waals surface area contributed by atoms with Crippen LogP contribution in [0.3, 0.4) is 0 Å². The van der Waals surface area contributed by atoms with Crippen molar-refractivity contribution in [2.45, 2.75) is 52.1 Å². The Bertz CT molecular complexity index is 1710. The number of nitrogens with one attached hydrogen (secondary N) is 1. The number of aryl methyl sites for hydroxylation is 3. The number of anilines is 1. The zero-order valence-electron chi connectivity index (χ0n) is 23.8. The van der Waals surface area contributed by atoms with Crippen molar-refractivity contribution >= 4 is 48.1 Å². The van der Waals surface area contributed by atoms with E-state index in [2.05, 4.69) is 33.9 Å². The monoisotopic (exact) mass is 642 g/mol. The number of phosphoric acid groups is 1. The smallest absolute Gasteiger partial charge is 0.326 e. The van der Waals surface area contributed by atoms with Gasteiger partial charge in [-0.05, 0) is 69.0 Å². The Hall–Kier alpha value is -3.22. The summed E-state index contributed by atoms with van der Waals surface area (Å²) in [6, 6.07) is 13.8. The summed E-state index contributed by atoms with van der Waals surface area (Å²) in [5, 5.41) is 13.4. The minimum Gasteiger partial charge on any atom is -0.326 e. The minimum absolute atomic E-state index is 0.0539. The van der Waals surface area contributed by atoms with E-state index in [1.165, 1.54) is 4.88 Å². The molecule has 1 amide bonds. The van der Waals surface area contributed by atoms with Crippen LogP contribution in [0.5, 0.6) is 0 Å². The number of nitrogens with zero attached hydrogens (tertiary/aromatic N) is 4. The average molecular weight is 643 g/mol. The lowest BCUT2D eigenvalue weighted by molar-refractivity contribution is -0.116. The van der Waals surface area contributed by atoms with Gasteiger partial charge >= 0.3 is 7.82 Å². The van der Waals surface area contributed by atoms with E-state index in [0.717, 1.165) is 38.8 Å². The summed E-state index contributed by atoms with van der Waals surface area (Å²) < 4.78 is 17.3. The lowest BCUT2D eigenvalue weighted by Crippen LogP contribution is -2.26. The van der Waals surface area contributed by atoms with Crippen LogP contribution in [0.25, 0.3) is 5.00 Å². The number of phosphoric ester groups is 1. The highest BCUT2D eigenvalue weighted by atomic mass is 35.5. The topological polar surface area (TPSA) is 165 Å². The van der Waals surface area contributed by atoms with E-state index >= 15 is 0 Å². The number of fused-ring (bicyclic) bond motifs is 3. The summed E-state index contributed by atoms with van der Waals surface area (Å²) in [5.74, 6) is 1.10. The van der Waals surface area contributed by atoms with Crippen molar-refractivity contribution in [3.63, 3.8) is 0 Å². The van der Waals surface area contributed by atoms with E-state index in [-0.39, 0.29) is 18.9 Å². The molecule has 0 bridgehead atoms. The Balaban J connectivity index is 1.34. The lowest BCUT2D eigenvalue weighted by atomic mass is 9.99. The number of amides is 1. The molecule has 2 aromatic heterocycles. The Morgan fingerprint density at radius 3 is 2.51 bits per heavy atom. The Morgan fingerprint density at radius 2 is 1.84 bits per heavy atom. The molecule has 2 aromatic carbocycles. The van der Waals surface area contributed by atoms with Crippen LogP contribution >= 0.6 is 30.8 Å². The number of hydrogen-bond donors (Lipinski definition) is 4. The second-order valence-electron chi connectivity index (χ2n) is 10.4. The third-order valence-corrected chi connectivity index (χ3v) is 9.16. The maximum atomic E-state index is 13.3. The van der Waals surface area contributed by atoms with E-state index in [9.17, 15) is 9.36 Å². The van der Waals surface area contributed by atoms with E-state index < -0.39 is 19.9 Å². The van der Waals surface area contributed by atoms with Crippen molar-refractivity contribution in [3.8, 4) is 5.00 Å². The molecule has 5 rings (SSSR count). The predicted octanol–water partition coefficient (Wildman–Crippen LogP) is 5.20. The molecule has 0 radical (unpaired) electrons. The Kier molecular flexibility index (Phi) is 9.29. The van der Waals surface area contributed by atoms with E-state index in [1.54, 1.807) is 23.5 Å². The number of aliphatic imine (C=N–C) groups is 1. The second-order valence-corrected chi connectivity index (χ2v) is 13.3. The highest BCUT2D eigenvalue weighted by Crippen LogP contribution is 2.40. The van der Waals surface area contributed by atoms with Gasteiger partial charge in [0.1, 0.15) is 16.9 Å². The van der Waals surface area contributed by atoms with Crippen molar-refractivity contribution in [3.05, 3.63) is 92.3 Å². The van der Waals surface area contributed by atoms with Crippen LogP contribution in [-0.2, 0) is 20.3 Å². The quantitative estimate of drug-likeness (QED) is 0.171. The summed E-state index contributed by atoms with van der Waals surface area (Å²) in [5.41, 5.74) is 11.3. The maximum Gasteiger partial charge on any atom is 0.469 e. The fourth-order valence-corrected chi connectivity index (χ4v) is 6.63. The number of halogens is 1. The Labute approximate surface area is 258 Å². The molecular formula is C29H32ClN6O5PS. The first-order valence-electron chi connectivity index (χ1n) is 13.6. The van der Waals surface area contributed by atoms with E-state index in [4.69, 9.17) is 32.1 Å². The van der Waals surface area contributed by atoms with Crippen molar-refractivity contribution in [2.75, 3.05) is 11.9 Å². The molecule has 3 heterocycles. The molecule has 43 heavy (non-hydrogen) atoms. The number of carbonyl (C=O) groups is 1. The molecule has 0 saturated heterocycles. The number of thiophene rings is 1. The molecule has 0 saturated carbocycles. The van der Waals surface area contributed by atoms with Gasteiger partial charge in [0, 0.05) is 32.8 Å². The van der Waals surface area contributed by atoms with E-state index in [1.807, 2.05) is 47.9 Å². The van der Waals surface area contributed by atoms with Crippen LogP contribution < -0.4 is 11.1 Å². The predicted molar refractivity (Wildman–Crippen MR) is 167 cm³/mol. The molecule has 1 unspecified atom stereocenters. The minimum atomic E-state index is -4.55. The molecule has 226 valence electrons. The van der Waals surface area contributed by atoms with Gasteiger partial charge in [0.2, 0.25) is 5.91 Å². The number of hydrogen-bond acceptors (Lipinski definition) is 8. The van der Waals surface area contributed by atoms with Crippen molar-refractivity contribution in [1.82, 2.24) is 14.8 Å². The number of nitrogens with two attached hydrogens (primary N) is 1. The average Bonchev–Trinajstić information content (AvgIpc) is 3.43. The van der Waals surface area contributed by atoms with Crippen molar-refractivity contribution < 1.29 is 23.7 Å². The maximum absolute atomic E-state index is 13.3. The molecule has 2 atom stereocenters. The summed E-state index contributed by atoms with van der Waals surface area (Å²) in [4.78, 5) is 37.3. The fraction of sp³-hybridized carbons (Fsp3) is 0.310. The molecule has 1 aliphatic rings. The SMILES string of the molecule is Cc1sc2c(c1C)C(c1ccc(Cl)cc1)=N[C@@H](CC(=O)Nc1ccc(CCC(N)COP(=O)(O)O)cc1)c1nnc(C)n1-2. The van der Waals surface area contributed by atoms with Crippen LogP contribution in [0.4, 0.5) is 5.69 Å². The van der Waals surface area contributed by atoms with Crippen LogP contribution in [0, 0.1) is 20.8 Å². The van der Waals surface area contributed by atoms with Gasteiger partial charge in [0.05, 0.1) is 18.7 Å². The lowest BCUT2D eigenvalue weighted by Gasteiger charge is -2.14. The summed E-state index contributed by atoms with van der Waals surface area (Å²) >= 11 is 7.84. The van der Waals surface area contributed by atoms with Gasteiger partial charge in [-0.3, -0.25) is 18.9 Å². The number of aromatic nitrogens is 3. The van der Waals surface area contributed by atoms with Crippen LogP contribution in [0.1, 0.15) is 57.7 Å². The molecule has 4 aromatic rings. The molecule has 5 N–H and O–H groups in total. The number of carbonyl (C=O) groups excluding carboxylic acids is 1. The van der Waals surface area contributed by atoms with Gasteiger partial charge in [0.15, 0.2) is 5.82 Å². The fourth-order valence-electron chi connectivity index (χ4n) is 4.90. The molecular weight excluding hydrogens is 611 g/mol. The van der Waals surface area contributed by atoms with Gasteiger partial charge in [-0.2, -0.15) is 0 Å². The number of benzene rings is 2. The van der Waals surface area contributed by atoms with E-state index in [0.29, 0.717) is 29.4 Å². The van der Waals surface area contributed by atoms with Crippen LogP contribution in [-0.4, -0.2) is 48.8 Å². The van der Waals surface area contributed by atoms with Gasteiger partial charge in [-0.1, -0.05) is 35.9 Å². The van der Waals surface area contributed by atoms with Crippen molar-refractivity contribution in [2.24, 2.45) is 10.7 Å². The molecule has 1 aliphatic heterocycles. The third kappa shape index (κ3) is 7.30. The first-order valence-corrected chi connectivity index (χ1v) is 16.3. The first-order chi connectivity index (χ1) is 20.4. The molecule has 14 heteroatoms. The van der Waals surface area contributed by atoms with Crippen LogP contribution in [0.2, 0.25) is 5.02 Å². The third-order valence-electron chi connectivity index (χ3n) is 7.23. The summed E-state index contributed by atoms with van der Waals surface area (Å²) in [6.45, 7) is 5.82. The standard InChI is InChI=1S/C29H32ClN6O5PS/c1-16-17(2)43-29-26(16)27(20-7-9-21(30)10-8-20)33-24(28-35-34-18(3)36(28)29)14-25(37)32-23-12-5-19(6-13-23)4-11-22(31)15-41-42(38,39)40/h5-10,12-13,22,24H,4,11,14-15,31H2,1-3H3,(H,32,37)(H2,38,39,40)/t22?,24-/m0/s1. The summed E-state index contributed by atoms with van der Waals surface area (Å²) in [6.07, 6.45) is 1.12. The van der Waals surface area contributed by atoms with Crippen molar-refractivity contribution in [1.29, 1.82) is 0 Å². The normalized spacial score (nSPS) is 15.3. The summed E-state index contributed by atoms with van der Waals surface area (Å²) in [7, 11) is -4.55. The second kappa shape index (κ2) is 12.8. The molecule has 0 spiro atoms. The zero-order chi connectivity index (χ0) is 30.9. The zero-order valence-corrected chi connectivity index (χ0v) is 26.3. The highest BCUT2D eigenvalue weighted by molar-refractivity contribution is 7.46. The highest BCUT2D eigenvalue weighted by Gasteiger charge is 2.32. The Morgan fingerprint density at radius 1 is 1.14 bits per heavy atom. The van der Waals surface area contributed by atoms with Crippen LogP contribution in [0.15, 0.2) is 53.5 Å².